The van der Waals surface area contributed by atoms with E-state index < -0.39 is 10.0 Å². The molecule has 34 heavy (non-hydrogen) atoms. The first-order valence-corrected chi connectivity index (χ1v) is 13.7. The minimum absolute atomic E-state index is 0.106. The van der Waals surface area contributed by atoms with Gasteiger partial charge in [0.15, 0.2) is 5.76 Å². The summed E-state index contributed by atoms with van der Waals surface area (Å²) in [5.41, 5.74) is 2.68. The van der Waals surface area contributed by atoms with Crippen LogP contribution in [0, 0.1) is 25.7 Å². The van der Waals surface area contributed by atoms with Gasteiger partial charge in [0.2, 0.25) is 15.9 Å². The summed E-state index contributed by atoms with van der Waals surface area (Å²) < 4.78 is 32.7. The van der Waals surface area contributed by atoms with E-state index in [-0.39, 0.29) is 29.0 Å². The second kappa shape index (κ2) is 10.6. The molecule has 8 nitrogen and oxygen atoms in total. The van der Waals surface area contributed by atoms with Gasteiger partial charge in [-0.25, -0.2) is 8.42 Å². The molecule has 2 aliphatic rings. The van der Waals surface area contributed by atoms with Crippen molar-refractivity contribution < 1.29 is 17.7 Å². The Kier molecular flexibility index (Phi) is 7.74. The molecule has 3 heterocycles. The number of aromatic nitrogens is 1. The summed E-state index contributed by atoms with van der Waals surface area (Å²) in [5.74, 6) is 0.565. The number of hydrogen-bond acceptors (Lipinski definition) is 6. The molecule has 2 fully saturated rings. The van der Waals surface area contributed by atoms with Crippen molar-refractivity contribution >= 4 is 15.9 Å². The fourth-order valence-electron chi connectivity index (χ4n) is 5.13. The van der Waals surface area contributed by atoms with E-state index in [0.29, 0.717) is 31.6 Å². The summed E-state index contributed by atoms with van der Waals surface area (Å²) >= 11 is 0. The molecule has 0 aliphatic carbocycles. The number of benzene rings is 1. The Morgan fingerprint density at radius 2 is 1.79 bits per heavy atom. The van der Waals surface area contributed by atoms with Gasteiger partial charge in [-0.2, -0.15) is 4.31 Å². The van der Waals surface area contributed by atoms with Gasteiger partial charge in [-0.1, -0.05) is 36.3 Å². The molecule has 2 aliphatic heterocycles. The normalized spacial score (nSPS) is 22.6. The number of hydrogen-bond donors (Lipinski definition) is 1. The molecule has 0 saturated carbocycles. The molecule has 9 heteroatoms. The number of carbonyl (C=O) groups is 1. The summed E-state index contributed by atoms with van der Waals surface area (Å²) in [6.07, 6.45) is 3.90. The van der Waals surface area contributed by atoms with Crippen LogP contribution in [0.3, 0.4) is 0 Å². The topological polar surface area (TPSA) is 95.8 Å². The van der Waals surface area contributed by atoms with Crippen LogP contribution in [0.2, 0.25) is 0 Å². The Bertz CT molecular complexity index is 1080. The third-order valence-corrected chi connectivity index (χ3v) is 9.07. The predicted octanol–water partition coefficient (Wildman–Crippen LogP) is 3.24. The molecule has 0 bridgehead atoms. The van der Waals surface area contributed by atoms with Gasteiger partial charge in [-0.3, -0.25) is 9.69 Å². The van der Waals surface area contributed by atoms with E-state index in [2.05, 4.69) is 46.6 Å². The number of piperidine rings is 2. The molecular weight excluding hydrogens is 452 g/mol. The largest absolute Gasteiger partial charge is 0.360 e. The highest BCUT2D eigenvalue weighted by Gasteiger charge is 2.36. The fourth-order valence-corrected chi connectivity index (χ4v) is 6.95. The van der Waals surface area contributed by atoms with Crippen LogP contribution in [-0.2, 0) is 27.9 Å². The minimum Gasteiger partial charge on any atom is -0.360 e. The molecule has 186 valence electrons. The van der Waals surface area contributed by atoms with Crippen molar-refractivity contribution in [1.82, 2.24) is 19.7 Å². The molecule has 1 N–H and O–H groups in total. The number of sulfonamides is 1. The first-order valence-electron chi connectivity index (χ1n) is 12.2. The standard InChI is InChI=1S/C25H36N4O4S/c1-18-6-4-12-28(15-18)16-22-10-8-21(9-11-22)14-26-25(30)23-7-5-13-29(17-23)34(31,32)24-19(2)27-33-20(24)3/h8-11,18,23H,4-7,12-17H2,1-3H3,(H,26,30). The molecule has 1 amide bonds. The summed E-state index contributed by atoms with van der Waals surface area (Å²) in [6, 6.07) is 8.41. The van der Waals surface area contributed by atoms with E-state index in [1.807, 2.05) is 0 Å². The van der Waals surface area contributed by atoms with Crippen molar-refractivity contribution in [3.63, 3.8) is 0 Å². The molecular formula is C25H36N4O4S. The maximum atomic E-state index is 13.1. The van der Waals surface area contributed by atoms with Crippen LogP contribution in [0.25, 0.3) is 0 Å². The van der Waals surface area contributed by atoms with Gasteiger partial charge in [0.1, 0.15) is 10.6 Å². The van der Waals surface area contributed by atoms with Crippen molar-refractivity contribution in [3.8, 4) is 0 Å². The summed E-state index contributed by atoms with van der Waals surface area (Å²) in [5, 5.41) is 6.78. The van der Waals surface area contributed by atoms with Crippen molar-refractivity contribution in [2.75, 3.05) is 26.2 Å². The van der Waals surface area contributed by atoms with Gasteiger partial charge >= 0.3 is 0 Å². The third kappa shape index (κ3) is 5.70. The zero-order valence-corrected chi connectivity index (χ0v) is 21.2. The van der Waals surface area contributed by atoms with Crippen LogP contribution >= 0.6 is 0 Å². The number of nitrogens with zero attached hydrogens (tertiary/aromatic N) is 3. The van der Waals surface area contributed by atoms with Gasteiger partial charge in [-0.15, -0.1) is 0 Å². The Hall–Kier alpha value is -2.23. The summed E-state index contributed by atoms with van der Waals surface area (Å²) in [6.45, 7) is 9.82. The second-order valence-electron chi connectivity index (χ2n) is 9.87. The van der Waals surface area contributed by atoms with E-state index in [9.17, 15) is 13.2 Å². The average Bonchev–Trinajstić information content (AvgIpc) is 3.17. The lowest BCUT2D eigenvalue weighted by Crippen LogP contribution is -2.45. The van der Waals surface area contributed by atoms with E-state index in [4.69, 9.17) is 4.52 Å². The third-order valence-electron chi connectivity index (χ3n) is 6.96. The highest BCUT2D eigenvalue weighted by atomic mass is 32.2. The number of likely N-dealkylation sites (tertiary alicyclic amines) is 1. The Labute approximate surface area is 202 Å². The van der Waals surface area contributed by atoms with Crippen molar-refractivity contribution in [1.29, 1.82) is 0 Å². The Balaban J connectivity index is 1.30. The first-order chi connectivity index (χ1) is 16.2. The lowest BCUT2D eigenvalue weighted by Gasteiger charge is -2.31. The molecule has 2 saturated heterocycles. The predicted molar refractivity (Wildman–Crippen MR) is 129 cm³/mol. The Morgan fingerprint density at radius 1 is 1.09 bits per heavy atom. The van der Waals surface area contributed by atoms with Crippen LogP contribution in [0.4, 0.5) is 0 Å². The van der Waals surface area contributed by atoms with Crippen molar-refractivity contribution in [2.24, 2.45) is 11.8 Å². The average molecular weight is 489 g/mol. The van der Waals surface area contributed by atoms with Gasteiger partial charge in [0.05, 0.1) is 5.92 Å². The molecule has 2 unspecified atom stereocenters. The number of amides is 1. The van der Waals surface area contributed by atoms with Gasteiger partial charge < -0.3 is 9.84 Å². The van der Waals surface area contributed by atoms with Crippen LogP contribution < -0.4 is 5.32 Å². The number of aryl methyl sites for hydroxylation is 2. The fraction of sp³-hybridized carbons (Fsp3) is 0.600. The maximum Gasteiger partial charge on any atom is 0.248 e. The van der Waals surface area contributed by atoms with Crippen LogP contribution in [0.5, 0.6) is 0 Å². The number of rotatable bonds is 7. The van der Waals surface area contributed by atoms with Crippen LogP contribution in [-0.4, -0.2) is 54.9 Å². The summed E-state index contributed by atoms with van der Waals surface area (Å²) in [7, 11) is -3.74. The first kappa shape index (κ1) is 24.9. The van der Waals surface area contributed by atoms with Crippen molar-refractivity contribution in [3.05, 3.63) is 46.8 Å². The molecule has 2 atom stereocenters. The van der Waals surface area contributed by atoms with Crippen LogP contribution in [0.15, 0.2) is 33.7 Å². The van der Waals surface area contributed by atoms with Crippen molar-refractivity contribution in [2.45, 2.75) is 64.4 Å². The summed E-state index contributed by atoms with van der Waals surface area (Å²) in [4.78, 5) is 15.5. The smallest absolute Gasteiger partial charge is 0.248 e. The highest BCUT2D eigenvalue weighted by Crippen LogP contribution is 2.28. The molecule has 2 aromatic rings. The van der Waals surface area contributed by atoms with E-state index in [1.165, 1.54) is 22.7 Å². The maximum absolute atomic E-state index is 13.1. The monoisotopic (exact) mass is 488 g/mol. The zero-order valence-electron chi connectivity index (χ0n) is 20.4. The van der Waals surface area contributed by atoms with Crippen LogP contribution in [0.1, 0.15) is 55.2 Å². The zero-order chi connectivity index (χ0) is 24.3. The minimum atomic E-state index is -3.74. The van der Waals surface area contributed by atoms with Gasteiger partial charge in [0, 0.05) is 32.7 Å². The quantitative estimate of drug-likeness (QED) is 0.643. The van der Waals surface area contributed by atoms with Gasteiger partial charge in [0.25, 0.3) is 0 Å². The van der Waals surface area contributed by atoms with E-state index in [1.54, 1.807) is 13.8 Å². The second-order valence-corrected chi connectivity index (χ2v) is 11.7. The SMILES string of the molecule is Cc1noc(C)c1S(=O)(=O)N1CCCC(C(=O)NCc2ccc(CN3CCCC(C)C3)cc2)C1. The van der Waals surface area contributed by atoms with E-state index in [0.717, 1.165) is 31.1 Å². The van der Waals surface area contributed by atoms with Gasteiger partial charge in [-0.05, 0) is 63.1 Å². The Morgan fingerprint density at radius 3 is 2.47 bits per heavy atom. The lowest BCUT2D eigenvalue weighted by atomic mass is 9.98. The lowest BCUT2D eigenvalue weighted by molar-refractivity contribution is -0.126. The molecule has 1 aromatic heterocycles. The number of carbonyl (C=O) groups excluding carboxylic acids is 1. The van der Waals surface area contributed by atoms with E-state index >= 15 is 0 Å². The molecule has 1 aromatic carbocycles. The number of nitrogens with one attached hydrogen (secondary N) is 1. The molecule has 0 spiro atoms. The highest BCUT2D eigenvalue weighted by molar-refractivity contribution is 7.89. The molecule has 4 rings (SSSR count). The molecule has 0 radical (unpaired) electrons.